The summed E-state index contributed by atoms with van der Waals surface area (Å²) in [5.41, 5.74) is 3.93. The molecule has 5 heteroatoms. The molecule has 0 radical (unpaired) electrons. The Bertz CT molecular complexity index is 836. The highest BCUT2D eigenvalue weighted by molar-refractivity contribution is 5.85. The van der Waals surface area contributed by atoms with Crippen molar-refractivity contribution in [1.29, 1.82) is 0 Å². The van der Waals surface area contributed by atoms with Gasteiger partial charge in [0, 0.05) is 12.1 Å². The van der Waals surface area contributed by atoms with Gasteiger partial charge in [-0.25, -0.2) is 4.98 Å². The summed E-state index contributed by atoms with van der Waals surface area (Å²) in [6.45, 7) is 4.29. The van der Waals surface area contributed by atoms with Crippen molar-refractivity contribution in [3.05, 3.63) is 54.1 Å². The van der Waals surface area contributed by atoms with Crippen molar-refractivity contribution >= 4 is 23.5 Å². The topological polar surface area (TPSA) is 38.5 Å². The third-order valence-corrected chi connectivity index (χ3v) is 5.56. The normalized spacial score (nSPS) is 24.5. The van der Waals surface area contributed by atoms with Crippen LogP contribution in [0.15, 0.2) is 52.9 Å². The molecule has 3 aliphatic rings. The Kier molecular flexibility index (Phi) is 4.98. The minimum absolute atomic E-state index is 0. The van der Waals surface area contributed by atoms with E-state index >= 15 is 0 Å². The number of ether oxygens (including phenoxy) is 1. The minimum Gasteiger partial charge on any atom is -0.436 e. The van der Waals surface area contributed by atoms with Crippen LogP contribution in [0.1, 0.15) is 18.4 Å². The van der Waals surface area contributed by atoms with E-state index < -0.39 is 0 Å². The molecule has 1 aromatic heterocycles. The quantitative estimate of drug-likeness (QED) is 0.676. The number of hydrogen-bond acceptors (Lipinski definition) is 4. The standard InChI is InChI=1S/C21H22N2O2.ClH/c1-2-4-19-18(3-1)22-21(25-19)17-7-5-15(6-8-17)14-24-20-13-23-11-9-16(20)10-12-23;/h1-8,16,20H,9-14H2;1H. The molecule has 0 amide bonds. The molecule has 3 fully saturated rings. The van der Waals surface area contributed by atoms with E-state index in [0.717, 1.165) is 29.1 Å². The highest BCUT2D eigenvalue weighted by Crippen LogP contribution is 2.30. The highest BCUT2D eigenvalue weighted by Gasteiger charge is 2.34. The molecule has 2 aromatic carbocycles. The first-order chi connectivity index (χ1) is 12.3. The molecule has 4 heterocycles. The third kappa shape index (κ3) is 3.37. The van der Waals surface area contributed by atoms with Crippen LogP contribution in [0.5, 0.6) is 0 Å². The van der Waals surface area contributed by atoms with Crippen LogP contribution in [-0.2, 0) is 11.3 Å². The number of aromatic nitrogens is 1. The maximum absolute atomic E-state index is 6.22. The van der Waals surface area contributed by atoms with E-state index in [1.807, 2.05) is 24.3 Å². The van der Waals surface area contributed by atoms with E-state index in [0.29, 0.717) is 18.6 Å². The third-order valence-electron chi connectivity index (χ3n) is 5.56. The van der Waals surface area contributed by atoms with Crippen LogP contribution in [0.25, 0.3) is 22.6 Å². The Labute approximate surface area is 159 Å². The van der Waals surface area contributed by atoms with Crippen LogP contribution < -0.4 is 0 Å². The lowest BCUT2D eigenvalue weighted by molar-refractivity contribution is -0.0765. The van der Waals surface area contributed by atoms with Crippen molar-refractivity contribution in [3.8, 4) is 11.5 Å². The van der Waals surface area contributed by atoms with Gasteiger partial charge in [0.2, 0.25) is 5.89 Å². The van der Waals surface area contributed by atoms with E-state index in [1.165, 1.54) is 31.5 Å². The molecule has 3 aliphatic heterocycles. The van der Waals surface area contributed by atoms with Crippen LogP contribution in [0.2, 0.25) is 0 Å². The molecule has 2 bridgehead atoms. The van der Waals surface area contributed by atoms with Gasteiger partial charge in [-0.15, -0.1) is 12.4 Å². The molecular formula is C21H23ClN2O2. The largest absolute Gasteiger partial charge is 0.436 e. The Morgan fingerprint density at radius 3 is 2.50 bits per heavy atom. The minimum atomic E-state index is 0. The number of fused-ring (bicyclic) bond motifs is 4. The molecule has 3 aromatic rings. The number of para-hydroxylation sites is 2. The number of nitrogens with zero attached hydrogens (tertiary/aromatic N) is 2. The second-order valence-electron chi connectivity index (χ2n) is 7.17. The van der Waals surface area contributed by atoms with Gasteiger partial charge in [-0.2, -0.15) is 0 Å². The molecule has 26 heavy (non-hydrogen) atoms. The number of benzene rings is 2. The van der Waals surface area contributed by atoms with Gasteiger partial charge >= 0.3 is 0 Å². The molecule has 4 nitrogen and oxygen atoms in total. The van der Waals surface area contributed by atoms with Crippen molar-refractivity contribution in [2.75, 3.05) is 19.6 Å². The molecule has 0 saturated carbocycles. The first kappa shape index (κ1) is 17.5. The first-order valence-corrected chi connectivity index (χ1v) is 9.14. The average Bonchev–Trinajstić information content (AvgIpc) is 3.12. The lowest BCUT2D eigenvalue weighted by atomic mass is 9.86. The summed E-state index contributed by atoms with van der Waals surface area (Å²) in [4.78, 5) is 7.08. The number of hydrogen-bond donors (Lipinski definition) is 0. The zero-order valence-corrected chi connectivity index (χ0v) is 15.5. The monoisotopic (exact) mass is 370 g/mol. The number of piperidine rings is 3. The van der Waals surface area contributed by atoms with Gasteiger partial charge in [-0.05, 0) is 61.7 Å². The summed E-state index contributed by atoms with van der Waals surface area (Å²) in [6.07, 6.45) is 2.99. The smallest absolute Gasteiger partial charge is 0.227 e. The summed E-state index contributed by atoms with van der Waals surface area (Å²) in [5.74, 6) is 1.43. The number of rotatable bonds is 4. The highest BCUT2D eigenvalue weighted by atomic mass is 35.5. The fourth-order valence-corrected chi connectivity index (χ4v) is 4.04. The van der Waals surface area contributed by atoms with Crippen molar-refractivity contribution in [3.63, 3.8) is 0 Å². The van der Waals surface area contributed by atoms with E-state index in [9.17, 15) is 0 Å². The maximum atomic E-state index is 6.22. The predicted molar refractivity (Wildman–Crippen MR) is 104 cm³/mol. The molecule has 1 unspecified atom stereocenters. The molecule has 3 saturated heterocycles. The average molecular weight is 371 g/mol. The summed E-state index contributed by atoms with van der Waals surface area (Å²) >= 11 is 0. The van der Waals surface area contributed by atoms with E-state index in [4.69, 9.17) is 9.15 Å². The lowest BCUT2D eigenvalue weighted by Crippen LogP contribution is -2.51. The molecule has 1 atom stereocenters. The fraction of sp³-hybridized carbons (Fsp3) is 0.381. The van der Waals surface area contributed by atoms with E-state index in [-0.39, 0.29) is 12.4 Å². The zero-order chi connectivity index (χ0) is 16.6. The van der Waals surface area contributed by atoms with Gasteiger partial charge in [-0.1, -0.05) is 24.3 Å². The Balaban J connectivity index is 0.00000168. The predicted octanol–water partition coefficient (Wildman–Crippen LogP) is 4.53. The van der Waals surface area contributed by atoms with Gasteiger partial charge in [0.15, 0.2) is 5.58 Å². The van der Waals surface area contributed by atoms with Gasteiger partial charge in [0.05, 0.1) is 12.7 Å². The first-order valence-electron chi connectivity index (χ1n) is 9.14. The summed E-state index contributed by atoms with van der Waals surface area (Å²) in [7, 11) is 0. The Morgan fingerprint density at radius 2 is 1.81 bits per heavy atom. The van der Waals surface area contributed by atoms with Crippen molar-refractivity contribution in [1.82, 2.24) is 9.88 Å². The van der Waals surface area contributed by atoms with Gasteiger partial charge in [0.25, 0.3) is 0 Å². The van der Waals surface area contributed by atoms with Crippen molar-refractivity contribution in [2.24, 2.45) is 5.92 Å². The summed E-state index contributed by atoms with van der Waals surface area (Å²) in [6, 6.07) is 16.2. The van der Waals surface area contributed by atoms with Crippen LogP contribution in [0.3, 0.4) is 0 Å². The fourth-order valence-electron chi connectivity index (χ4n) is 4.04. The second kappa shape index (κ2) is 7.39. The zero-order valence-electron chi connectivity index (χ0n) is 14.6. The van der Waals surface area contributed by atoms with Gasteiger partial charge in [0.1, 0.15) is 5.52 Å². The van der Waals surface area contributed by atoms with Crippen LogP contribution >= 0.6 is 12.4 Å². The number of oxazole rings is 1. The second-order valence-corrected chi connectivity index (χ2v) is 7.17. The van der Waals surface area contributed by atoms with Crippen molar-refractivity contribution < 1.29 is 9.15 Å². The summed E-state index contributed by atoms with van der Waals surface area (Å²) in [5, 5.41) is 0. The van der Waals surface area contributed by atoms with Gasteiger partial charge in [-0.3, -0.25) is 0 Å². The molecule has 6 rings (SSSR count). The summed E-state index contributed by atoms with van der Waals surface area (Å²) < 4.78 is 12.1. The van der Waals surface area contributed by atoms with Crippen LogP contribution in [0, 0.1) is 5.92 Å². The molecule has 136 valence electrons. The van der Waals surface area contributed by atoms with Gasteiger partial charge < -0.3 is 14.1 Å². The van der Waals surface area contributed by atoms with Crippen molar-refractivity contribution in [2.45, 2.75) is 25.6 Å². The molecule has 0 spiro atoms. The Hall–Kier alpha value is -1.88. The van der Waals surface area contributed by atoms with Crippen LogP contribution in [0.4, 0.5) is 0 Å². The van der Waals surface area contributed by atoms with Crippen LogP contribution in [-0.4, -0.2) is 35.6 Å². The van der Waals surface area contributed by atoms with E-state index in [1.54, 1.807) is 0 Å². The molecular weight excluding hydrogens is 348 g/mol. The molecule has 0 N–H and O–H groups in total. The maximum Gasteiger partial charge on any atom is 0.227 e. The Morgan fingerprint density at radius 1 is 1.04 bits per heavy atom. The SMILES string of the molecule is Cl.c1ccc2oc(-c3ccc(COC4CN5CCC4CC5)cc3)nc2c1. The van der Waals surface area contributed by atoms with E-state index in [2.05, 4.69) is 34.1 Å². The lowest BCUT2D eigenvalue weighted by Gasteiger charge is -2.44. The molecule has 0 aliphatic carbocycles. The number of halogens is 1.